The second kappa shape index (κ2) is 8.00. The van der Waals surface area contributed by atoms with Crippen molar-refractivity contribution in [3.8, 4) is 0 Å². The smallest absolute Gasteiger partial charge is 0.244 e. The van der Waals surface area contributed by atoms with Gasteiger partial charge in [0.05, 0.1) is 35.7 Å². The molecule has 1 aromatic heterocycles. The van der Waals surface area contributed by atoms with Gasteiger partial charge in [0.2, 0.25) is 15.9 Å². The van der Waals surface area contributed by atoms with Gasteiger partial charge in [-0.3, -0.25) is 9.69 Å². The van der Waals surface area contributed by atoms with E-state index in [1.165, 1.54) is 23.3 Å². The predicted octanol–water partition coefficient (Wildman–Crippen LogP) is 2.66. The molecule has 0 bridgehead atoms. The second-order valence-electron chi connectivity index (χ2n) is 6.72. The highest BCUT2D eigenvalue weighted by Crippen LogP contribution is 2.33. The third kappa shape index (κ3) is 4.78. The van der Waals surface area contributed by atoms with E-state index in [0.717, 1.165) is 39.2 Å². The minimum Gasteiger partial charge on any atom is -0.376 e. The molecular weight excluding hydrogens is 410 g/mol. The Labute approximate surface area is 167 Å². The number of fused-ring (bicyclic) bond motifs is 1. The molecular formula is C17H22ClN3O4S2. The van der Waals surface area contributed by atoms with E-state index in [4.69, 9.17) is 16.3 Å². The van der Waals surface area contributed by atoms with E-state index < -0.39 is 10.0 Å². The fourth-order valence-corrected chi connectivity index (χ4v) is 4.72. The van der Waals surface area contributed by atoms with Crippen LogP contribution in [0.3, 0.4) is 0 Å². The van der Waals surface area contributed by atoms with Crippen molar-refractivity contribution in [2.24, 2.45) is 0 Å². The Morgan fingerprint density at radius 2 is 2.19 bits per heavy atom. The number of ether oxygens (including phenoxy) is 1. The highest BCUT2D eigenvalue weighted by Gasteiger charge is 2.28. The Morgan fingerprint density at radius 3 is 2.81 bits per heavy atom. The minimum atomic E-state index is -3.46. The summed E-state index contributed by atoms with van der Waals surface area (Å²) in [4.78, 5) is 19.1. The van der Waals surface area contributed by atoms with Gasteiger partial charge in [-0.2, -0.15) is 4.31 Å². The average molecular weight is 432 g/mol. The second-order valence-corrected chi connectivity index (χ2v) is 10.3. The molecule has 10 heteroatoms. The molecule has 27 heavy (non-hydrogen) atoms. The lowest BCUT2D eigenvalue weighted by molar-refractivity contribution is -0.119. The van der Waals surface area contributed by atoms with E-state index in [-0.39, 0.29) is 18.6 Å². The van der Waals surface area contributed by atoms with Crippen molar-refractivity contribution in [3.05, 3.63) is 22.7 Å². The summed E-state index contributed by atoms with van der Waals surface area (Å²) >= 11 is 7.50. The normalized spacial score (nSPS) is 17.7. The Balaban J connectivity index is 1.93. The van der Waals surface area contributed by atoms with Gasteiger partial charge in [0.25, 0.3) is 0 Å². The lowest BCUT2D eigenvalue weighted by Gasteiger charge is -2.25. The molecule has 1 atom stereocenters. The van der Waals surface area contributed by atoms with Crippen LogP contribution in [0.25, 0.3) is 10.2 Å². The average Bonchev–Trinajstić information content (AvgIpc) is 3.20. The number of benzene rings is 1. The molecule has 0 aliphatic carbocycles. The van der Waals surface area contributed by atoms with Gasteiger partial charge in [0.1, 0.15) is 0 Å². The number of anilines is 1. The molecule has 1 aromatic carbocycles. The molecule has 7 nitrogen and oxygen atoms in total. The zero-order valence-electron chi connectivity index (χ0n) is 15.4. The molecule has 1 amide bonds. The number of rotatable bonds is 6. The Bertz CT molecular complexity index is 954. The van der Waals surface area contributed by atoms with Crippen LogP contribution in [0.4, 0.5) is 5.13 Å². The van der Waals surface area contributed by atoms with Crippen molar-refractivity contribution in [2.45, 2.75) is 25.9 Å². The molecule has 0 saturated carbocycles. The number of halogens is 1. The molecule has 1 fully saturated rings. The summed E-state index contributed by atoms with van der Waals surface area (Å²) in [7, 11) is -2.07. The van der Waals surface area contributed by atoms with E-state index in [1.54, 1.807) is 0 Å². The summed E-state index contributed by atoms with van der Waals surface area (Å²) in [6, 6.07) is 3.65. The van der Waals surface area contributed by atoms with Gasteiger partial charge in [-0.15, -0.1) is 0 Å². The van der Waals surface area contributed by atoms with E-state index in [2.05, 4.69) is 4.98 Å². The van der Waals surface area contributed by atoms with E-state index in [1.807, 2.05) is 19.1 Å². The molecule has 1 unspecified atom stereocenters. The Morgan fingerprint density at radius 1 is 1.44 bits per heavy atom. The fourth-order valence-electron chi connectivity index (χ4n) is 2.93. The van der Waals surface area contributed by atoms with Gasteiger partial charge in [-0.25, -0.2) is 13.4 Å². The molecule has 1 saturated heterocycles. The summed E-state index contributed by atoms with van der Waals surface area (Å²) in [5.41, 5.74) is 1.72. The number of sulfonamides is 1. The number of likely N-dealkylation sites (N-methyl/N-ethyl adjacent to an activating group) is 1. The standard InChI is InChI=1S/C17H22ClN3O4S2/c1-11-7-12(18)8-14-16(11)19-17(26-14)21(9-13-5-4-6-25-13)15(22)10-20(2)27(3,23)24/h7-8,13H,4-6,9-10H2,1-3H3. The first-order chi connectivity index (χ1) is 12.6. The first-order valence-electron chi connectivity index (χ1n) is 8.55. The van der Waals surface area contributed by atoms with Crippen LogP contribution in [-0.2, 0) is 19.6 Å². The molecule has 148 valence electrons. The van der Waals surface area contributed by atoms with Crippen molar-refractivity contribution in [2.75, 3.05) is 37.9 Å². The molecule has 2 aromatic rings. The monoisotopic (exact) mass is 431 g/mol. The van der Waals surface area contributed by atoms with Crippen molar-refractivity contribution in [1.29, 1.82) is 0 Å². The fraction of sp³-hybridized carbons (Fsp3) is 0.529. The largest absolute Gasteiger partial charge is 0.376 e. The summed E-state index contributed by atoms with van der Waals surface area (Å²) in [6.07, 6.45) is 2.81. The zero-order chi connectivity index (χ0) is 19.8. The van der Waals surface area contributed by atoms with E-state index in [9.17, 15) is 13.2 Å². The van der Waals surface area contributed by atoms with Gasteiger partial charge >= 0.3 is 0 Å². The third-order valence-corrected chi connectivity index (χ3v) is 7.01. The third-order valence-electron chi connectivity index (χ3n) is 4.51. The van der Waals surface area contributed by atoms with Gasteiger partial charge in [-0.1, -0.05) is 22.9 Å². The molecule has 0 N–H and O–H groups in total. The highest BCUT2D eigenvalue weighted by molar-refractivity contribution is 7.88. The van der Waals surface area contributed by atoms with E-state index in [0.29, 0.717) is 23.3 Å². The number of amides is 1. The number of hydrogen-bond acceptors (Lipinski definition) is 6. The lowest BCUT2D eigenvalue weighted by Crippen LogP contribution is -2.44. The first-order valence-corrected chi connectivity index (χ1v) is 11.6. The maximum Gasteiger partial charge on any atom is 0.244 e. The van der Waals surface area contributed by atoms with Crippen molar-refractivity contribution < 1.29 is 17.9 Å². The number of carbonyl (C=O) groups is 1. The Kier molecular flexibility index (Phi) is 6.07. The highest BCUT2D eigenvalue weighted by atomic mass is 35.5. The topological polar surface area (TPSA) is 79.8 Å². The van der Waals surface area contributed by atoms with Crippen LogP contribution in [0.15, 0.2) is 12.1 Å². The van der Waals surface area contributed by atoms with Gasteiger partial charge in [0.15, 0.2) is 5.13 Å². The van der Waals surface area contributed by atoms with Crippen LogP contribution in [0.1, 0.15) is 18.4 Å². The lowest BCUT2D eigenvalue weighted by atomic mass is 10.2. The van der Waals surface area contributed by atoms with Gasteiger partial charge in [-0.05, 0) is 37.5 Å². The van der Waals surface area contributed by atoms with E-state index >= 15 is 0 Å². The quantitative estimate of drug-likeness (QED) is 0.702. The predicted molar refractivity (Wildman–Crippen MR) is 108 cm³/mol. The van der Waals surface area contributed by atoms with Crippen molar-refractivity contribution in [1.82, 2.24) is 9.29 Å². The number of aryl methyl sites for hydroxylation is 1. The van der Waals surface area contributed by atoms with Crippen molar-refractivity contribution in [3.63, 3.8) is 0 Å². The molecule has 0 radical (unpaired) electrons. The first kappa shape index (κ1) is 20.5. The summed E-state index contributed by atoms with van der Waals surface area (Å²) in [5, 5.41) is 1.14. The van der Waals surface area contributed by atoms with Crippen LogP contribution < -0.4 is 4.90 Å². The van der Waals surface area contributed by atoms with Crippen LogP contribution >= 0.6 is 22.9 Å². The number of carbonyl (C=O) groups excluding carboxylic acids is 1. The van der Waals surface area contributed by atoms with Crippen LogP contribution in [0, 0.1) is 6.92 Å². The maximum atomic E-state index is 12.9. The minimum absolute atomic E-state index is 0.0748. The number of aromatic nitrogens is 1. The molecule has 0 spiro atoms. The van der Waals surface area contributed by atoms with Crippen LogP contribution in [-0.4, -0.2) is 62.7 Å². The molecule has 2 heterocycles. The van der Waals surface area contributed by atoms with Gasteiger partial charge in [0, 0.05) is 18.7 Å². The molecule has 3 rings (SSSR count). The number of nitrogens with zero attached hydrogens (tertiary/aromatic N) is 3. The Hall–Kier alpha value is -1.26. The van der Waals surface area contributed by atoms with Crippen LogP contribution in [0.5, 0.6) is 0 Å². The maximum absolute atomic E-state index is 12.9. The SMILES string of the molecule is Cc1cc(Cl)cc2sc(N(CC3CCCO3)C(=O)CN(C)S(C)(=O)=O)nc12. The summed E-state index contributed by atoms with van der Waals surface area (Å²) < 4.78 is 31.0. The van der Waals surface area contributed by atoms with Gasteiger partial charge < -0.3 is 4.74 Å². The van der Waals surface area contributed by atoms with Crippen molar-refractivity contribution >= 4 is 54.2 Å². The summed E-state index contributed by atoms with van der Waals surface area (Å²) in [5.74, 6) is -0.332. The molecule has 1 aliphatic heterocycles. The summed E-state index contributed by atoms with van der Waals surface area (Å²) in [6.45, 7) is 2.69. The number of thiazole rings is 1. The number of hydrogen-bond donors (Lipinski definition) is 0. The zero-order valence-corrected chi connectivity index (χ0v) is 17.8. The van der Waals surface area contributed by atoms with Crippen LogP contribution in [0.2, 0.25) is 5.02 Å². The molecule has 1 aliphatic rings.